The van der Waals surface area contributed by atoms with E-state index in [9.17, 15) is 29.5 Å². The summed E-state index contributed by atoms with van der Waals surface area (Å²) in [6.45, 7) is 11.4. The van der Waals surface area contributed by atoms with Crippen molar-refractivity contribution in [2.24, 2.45) is 28.6 Å². The van der Waals surface area contributed by atoms with E-state index < -0.39 is 78.0 Å². The quantitative estimate of drug-likeness (QED) is 0.0780. The van der Waals surface area contributed by atoms with Gasteiger partial charge in [0.15, 0.2) is 0 Å². The summed E-state index contributed by atoms with van der Waals surface area (Å²) < 4.78 is 11.8. The molecule has 1 aromatic carbocycles. The zero-order valence-electron chi connectivity index (χ0n) is 33.7. The van der Waals surface area contributed by atoms with Crippen LogP contribution >= 0.6 is 0 Å². The van der Waals surface area contributed by atoms with Gasteiger partial charge in [-0.25, -0.2) is 0 Å². The summed E-state index contributed by atoms with van der Waals surface area (Å²) in [5, 5.41) is 12.3. The molecule has 54 heavy (non-hydrogen) atoms. The Bertz CT molecular complexity index is 1440. The number of hydrogen-bond donors (Lipinski definition) is 4. The van der Waals surface area contributed by atoms with Gasteiger partial charge in [-0.1, -0.05) is 83.4 Å². The monoisotopic (exact) mass is 757 g/mol. The predicted molar refractivity (Wildman–Crippen MR) is 206 cm³/mol. The molecule has 1 fully saturated rings. The molecule has 302 valence electrons. The zero-order chi connectivity index (χ0) is 40.7. The van der Waals surface area contributed by atoms with E-state index in [1.165, 1.54) is 19.1 Å². The summed E-state index contributed by atoms with van der Waals surface area (Å²) >= 11 is 0. The van der Waals surface area contributed by atoms with Gasteiger partial charge >= 0.3 is 0 Å². The highest BCUT2D eigenvalue weighted by molar-refractivity contribution is 5.91. The first-order chi connectivity index (χ1) is 25.6. The number of rotatable bonds is 22. The molecule has 0 radical (unpaired) electrons. The highest BCUT2D eigenvalue weighted by atomic mass is 16.5. The van der Waals surface area contributed by atoms with Crippen molar-refractivity contribution in [3.8, 4) is 0 Å². The minimum Gasteiger partial charge on any atom is -0.379 e. The van der Waals surface area contributed by atoms with Crippen LogP contribution in [-0.2, 0) is 39.9 Å². The number of nitrogens with zero attached hydrogens (tertiary/aromatic N) is 5. The van der Waals surface area contributed by atoms with Crippen molar-refractivity contribution in [1.82, 2.24) is 25.8 Å². The number of likely N-dealkylation sites (N-methyl/N-ethyl adjacent to an activating group) is 2. The van der Waals surface area contributed by atoms with Gasteiger partial charge in [-0.15, -0.1) is 0 Å². The van der Waals surface area contributed by atoms with Crippen LogP contribution in [0.4, 0.5) is 0 Å². The highest BCUT2D eigenvalue weighted by Gasteiger charge is 2.43. The number of primary amides is 1. The van der Waals surface area contributed by atoms with E-state index in [0.717, 1.165) is 5.56 Å². The molecule has 16 nitrogen and oxygen atoms in total. The molecular weight excluding hydrogens is 694 g/mol. The summed E-state index contributed by atoms with van der Waals surface area (Å²) in [4.78, 5) is 73.5. The second-order valence-electron chi connectivity index (χ2n) is 14.7. The van der Waals surface area contributed by atoms with Crippen LogP contribution in [0, 0.1) is 17.8 Å². The van der Waals surface area contributed by atoms with E-state index in [4.69, 9.17) is 15.2 Å². The Morgan fingerprint density at radius 3 is 2.19 bits per heavy atom. The van der Waals surface area contributed by atoms with E-state index in [1.807, 2.05) is 58.0 Å². The molecule has 0 saturated carbocycles. The molecule has 10 atom stereocenters. The fraction of sp³-hybridized carbons (Fsp3) is 0.711. The molecular formula is C38H63N9O7. The Hall–Kier alpha value is -4.24. The van der Waals surface area contributed by atoms with Gasteiger partial charge in [-0.2, -0.15) is 0 Å². The number of carbonyl (C=O) groups excluding carboxylic acids is 5. The molecule has 1 aliphatic heterocycles. The Kier molecular flexibility index (Phi) is 18.9. The van der Waals surface area contributed by atoms with E-state index in [1.54, 1.807) is 32.8 Å². The van der Waals surface area contributed by atoms with E-state index >= 15 is 0 Å². The Morgan fingerprint density at radius 1 is 1.02 bits per heavy atom. The second-order valence-corrected chi connectivity index (χ2v) is 14.7. The van der Waals surface area contributed by atoms with Crippen molar-refractivity contribution in [1.29, 1.82) is 0 Å². The number of likely N-dealkylation sites (tertiary alicyclic amines) is 1. The number of benzene rings is 1. The van der Waals surface area contributed by atoms with Crippen molar-refractivity contribution < 1.29 is 33.4 Å². The van der Waals surface area contributed by atoms with Crippen LogP contribution in [0.5, 0.6) is 0 Å². The van der Waals surface area contributed by atoms with Crippen molar-refractivity contribution in [2.45, 2.75) is 122 Å². The average molecular weight is 758 g/mol. The highest BCUT2D eigenvalue weighted by Crippen LogP contribution is 2.29. The fourth-order valence-corrected chi connectivity index (χ4v) is 7.45. The minimum atomic E-state index is -1.17. The molecule has 0 aliphatic carbocycles. The van der Waals surface area contributed by atoms with Crippen molar-refractivity contribution in [2.75, 3.05) is 34.9 Å². The van der Waals surface area contributed by atoms with E-state index in [2.05, 4.69) is 26.0 Å². The Morgan fingerprint density at radius 2 is 1.67 bits per heavy atom. The molecule has 1 saturated heterocycles. The summed E-state index contributed by atoms with van der Waals surface area (Å²) in [5.41, 5.74) is 15.7. The number of nitrogens with one attached hydrogen (secondary N) is 3. The van der Waals surface area contributed by atoms with Gasteiger partial charge in [-0.3, -0.25) is 24.0 Å². The van der Waals surface area contributed by atoms with Crippen molar-refractivity contribution in [3.63, 3.8) is 0 Å². The van der Waals surface area contributed by atoms with Crippen molar-refractivity contribution in [3.05, 3.63) is 46.3 Å². The van der Waals surface area contributed by atoms with Gasteiger partial charge in [0.05, 0.1) is 48.7 Å². The molecule has 16 heteroatoms. The molecule has 0 aromatic heterocycles. The van der Waals surface area contributed by atoms with Crippen LogP contribution in [0.15, 0.2) is 35.4 Å². The SMILES string of the molecule is CCC(C)C(C(CC(=O)N1CCC[C@H]1C(OC)C(C)C(=O)NC(Cc1ccccc1)C(N)=O)OC)N(C)C(=O)C(NC(=O)C(NC)C(C)C)C(C)N=[N+]=[N-]. The maximum absolute atomic E-state index is 14.2. The number of carbonyl (C=O) groups is 5. The van der Waals surface area contributed by atoms with E-state index in [0.29, 0.717) is 25.8 Å². The number of azide groups is 1. The molecule has 2 rings (SSSR count). The summed E-state index contributed by atoms with van der Waals surface area (Å²) in [7, 11) is 6.25. The number of amides is 5. The first kappa shape index (κ1) is 45.9. The maximum atomic E-state index is 14.2. The fourth-order valence-electron chi connectivity index (χ4n) is 7.45. The molecule has 1 aliphatic rings. The Labute approximate surface area is 320 Å². The van der Waals surface area contributed by atoms with Crippen LogP contribution in [0.25, 0.3) is 10.4 Å². The number of hydrogen-bond acceptors (Lipinski definition) is 9. The maximum Gasteiger partial charge on any atom is 0.245 e. The van der Waals surface area contributed by atoms with Crippen LogP contribution < -0.4 is 21.7 Å². The second kappa shape index (κ2) is 22.2. The summed E-state index contributed by atoms with van der Waals surface area (Å²) in [5.74, 6) is -3.14. The topological polar surface area (TPSA) is 221 Å². The molecule has 1 aromatic rings. The Balaban J connectivity index is 2.31. The largest absolute Gasteiger partial charge is 0.379 e. The molecule has 1 heterocycles. The summed E-state index contributed by atoms with van der Waals surface area (Å²) in [6, 6.07) is 4.62. The van der Waals surface area contributed by atoms with Crippen LogP contribution in [0.2, 0.25) is 0 Å². The van der Waals surface area contributed by atoms with Gasteiger partial charge in [0.1, 0.15) is 12.1 Å². The van der Waals surface area contributed by atoms with Crippen LogP contribution in [-0.4, -0.2) is 123 Å². The van der Waals surface area contributed by atoms with Gasteiger partial charge < -0.3 is 41.0 Å². The third-order valence-electron chi connectivity index (χ3n) is 10.7. The smallest absolute Gasteiger partial charge is 0.245 e. The van der Waals surface area contributed by atoms with Gasteiger partial charge in [0.25, 0.3) is 0 Å². The molecule has 0 spiro atoms. The van der Waals surface area contributed by atoms with Gasteiger partial charge in [-0.05, 0) is 42.8 Å². The van der Waals surface area contributed by atoms with Crippen molar-refractivity contribution >= 4 is 29.5 Å². The lowest BCUT2D eigenvalue weighted by Gasteiger charge is -2.41. The lowest BCUT2D eigenvalue weighted by atomic mass is 9.89. The van der Waals surface area contributed by atoms with Gasteiger partial charge in [0.2, 0.25) is 29.5 Å². The first-order valence-corrected chi connectivity index (χ1v) is 18.8. The normalized spacial score (nSPS) is 19.2. The number of methoxy groups -OCH3 is 2. The predicted octanol–water partition coefficient (Wildman–Crippen LogP) is 2.55. The average Bonchev–Trinajstić information content (AvgIpc) is 3.63. The lowest BCUT2D eigenvalue weighted by Crippen LogP contribution is -2.60. The number of nitrogens with two attached hydrogens (primary N) is 1. The summed E-state index contributed by atoms with van der Waals surface area (Å²) in [6.07, 6.45) is 0.667. The lowest BCUT2D eigenvalue weighted by molar-refractivity contribution is -0.147. The standard InChI is InChI=1S/C38H63N9O7/c1-11-23(4)33(46(8)38(52)32(25(6)44-45-40)43-37(51)31(41-7)22(2)3)29(53-9)21-30(48)47-19-15-18-28(47)34(54-10)24(5)36(50)42-27(35(39)49)20-26-16-13-12-14-17-26/h12-14,16-17,22-25,27-29,31-34,41H,11,15,18-21H2,1-10H3,(H2,39,49)(H,42,50)(H,43,51)/t23?,24?,25?,27?,28-,29?,31?,32?,33?,34?/m0/s1. The minimum absolute atomic E-state index is 0.0738. The molecule has 5 amide bonds. The van der Waals surface area contributed by atoms with Crippen LogP contribution in [0.1, 0.15) is 72.8 Å². The zero-order valence-corrected chi connectivity index (χ0v) is 33.7. The molecule has 9 unspecified atom stereocenters. The van der Waals surface area contributed by atoms with Crippen LogP contribution in [0.3, 0.4) is 0 Å². The number of ether oxygens (including phenoxy) is 2. The van der Waals surface area contributed by atoms with E-state index in [-0.39, 0.29) is 30.6 Å². The molecule has 0 bridgehead atoms. The third kappa shape index (κ3) is 12.1. The molecule has 5 N–H and O–H groups in total. The third-order valence-corrected chi connectivity index (χ3v) is 10.7. The first-order valence-electron chi connectivity index (χ1n) is 18.8. The van der Waals surface area contributed by atoms with Gasteiger partial charge in [0, 0.05) is 39.1 Å².